The first-order valence-electron chi connectivity index (χ1n) is 18.3. The molecule has 2 fully saturated rings. The van der Waals surface area contributed by atoms with Crippen LogP contribution < -0.4 is 14.2 Å². The number of aliphatic carboxylic acids is 1. The number of carbonyl (C=O) groups is 3. The molecule has 0 amide bonds. The van der Waals surface area contributed by atoms with Crippen molar-refractivity contribution in [2.45, 2.75) is 67.8 Å². The quantitative estimate of drug-likeness (QED) is 0.0349. The predicted octanol–water partition coefficient (Wildman–Crippen LogP) is 0.154. The largest absolute Gasteiger partial charge is 0.508 e. The van der Waals surface area contributed by atoms with E-state index in [-0.39, 0.29) is 51.0 Å². The Hall–Kier alpha value is -6.30. The standard InChI is InChI=1S/C40H40O21/c1-54-25-10-17(2-8-22(25)43)3-9-30(46)55-15-27-32(48)35(51)37(53)40(61-27)59-26-13-21-23(57-38(26)18-4-6-19(41)7-5-18)11-20(42)12-24(21)58-39-36(52)34(50)33(49)28(60-39)16-56-31(47)14-29(44)45/h2-13,27-28,32-37,39-40,48-53H,14-16H2,1H3,(H3-,41,42,43,44,45,46)/p+1/t27-,28-,32+,33+,34+,35+,36-,37-,39-,40-/m1/s1. The van der Waals surface area contributed by atoms with E-state index in [1.165, 1.54) is 67.8 Å². The van der Waals surface area contributed by atoms with Crippen LogP contribution in [0.15, 0.2) is 71.2 Å². The third-order valence-corrected chi connectivity index (χ3v) is 9.46. The van der Waals surface area contributed by atoms with Gasteiger partial charge in [0.25, 0.3) is 0 Å². The summed E-state index contributed by atoms with van der Waals surface area (Å²) in [5.74, 6) is -4.71. The van der Waals surface area contributed by atoms with Crippen LogP contribution in [0.2, 0.25) is 0 Å². The minimum absolute atomic E-state index is 0.0226. The van der Waals surface area contributed by atoms with Gasteiger partial charge in [0.2, 0.25) is 18.3 Å². The molecule has 10 N–H and O–H groups in total. The Balaban J connectivity index is 1.27. The maximum absolute atomic E-state index is 12.6. The van der Waals surface area contributed by atoms with E-state index in [1.54, 1.807) is 0 Å². The highest BCUT2D eigenvalue weighted by molar-refractivity contribution is 5.90. The number of phenolic OH excluding ortho intramolecular Hbond substituents is 3. The van der Waals surface area contributed by atoms with Gasteiger partial charge < -0.3 is 84.2 Å². The average molecular weight is 858 g/mol. The number of carbonyl (C=O) groups excluding carboxylic acids is 2. The molecule has 61 heavy (non-hydrogen) atoms. The van der Waals surface area contributed by atoms with Gasteiger partial charge in [-0.25, -0.2) is 9.21 Å². The third-order valence-electron chi connectivity index (χ3n) is 9.46. The summed E-state index contributed by atoms with van der Waals surface area (Å²) < 4.78 is 44.6. The number of aliphatic hydroxyl groups excluding tert-OH is 6. The van der Waals surface area contributed by atoms with E-state index in [1.807, 2.05) is 0 Å². The van der Waals surface area contributed by atoms with Crippen LogP contribution in [0.3, 0.4) is 0 Å². The van der Waals surface area contributed by atoms with Crippen molar-refractivity contribution < 1.29 is 103 Å². The van der Waals surface area contributed by atoms with Crippen molar-refractivity contribution in [2.75, 3.05) is 20.3 Å². The number of esters is 2. The Morgan fingerprint density at radius 2 is 1.30 bits per heavy atom. The average Bonchev–Trinajstić information content (AvgIpc) is 3.22. The third kappa shape index (κ3) is 10.4. The fraction of sp³-hybridized carbons (Fsp3) is 0.350. The maximum Gasteiger partial charge on any atom is 0.402 e. The second-order valence-electron chi connectivity index (χ2n) is 13.8. The predicted molar refractivity (Wildman–Crippen MR) is 202 cm³/mol. The number of hydrogen-bond acceptors (Lipinski definition) is 19. The highest BCUT2D eigenvalue weighted by Crippen LogP contribution is 2.42. The summed E-state index contributed by atoms with van der Waals surface area (Å²) in [4.78, 5) is 35.3. The number of carboxylic acids is 1. The van der Waals surface area contributed by atoms with Gasteiger partial charge in [0.1, 0.15) is 91.1 Å². The SMILES string of the molecule is COc1cc(/C=C/C(=O)OC[C@H]2O[C@@H](Oc3cc4c(O[C@@H]5O[C@H](COC(=O)CC(=O)O)[C@H](O)[C@H](O)[C@H]5O)cc(O)cc4[o+]c3-c3ccc(O)cc3)[C@H](O)[C@@H](O)[C@H]2O)ccc1O. The minimum Gasteiger partial charge on any atom is -0.508 e. The van der Waals surface area contributed by atoms with Gasteiger partial charge in [-0.05, 0) is 48.0 Å². The first-order valence-corrected chi connectivity index (χ1v) is 18.3. The summed E-state index contributed by atoms with van der Waals surface area (Å²) >= 11 is 0. The topological polar surface area (TPSA) is 329 Å². The fourth-order valence-electron chi connectivity index (χ4n) is 6.25. The van der Waals surface area contributed by atoms with E-state index in [4.69, 9.17) is 42.7 Å². The Morgan fingerprint density at radius 3 is 1.90 bits per heavy atom. The molecule has 2 saturated heterocycles. The highest BCUT2D eigenvalue weighted by Gasteiger charge is 2.48. The van der Waals surface area contributed by atoms with E-state index in [9.17, 15) is 60.3 Å². The Kier molecular flexibility index (Phi) is 13.8. The monoisotopic (exact) mass is 857 g/mol. The molecule has 0 spiro atoms. The number of rotatable bonds is 14. The number of benzene rings is 3. The highest BCUT2D eigenvalue weighted by atomic mass is 16.7. The lowest BCUT2D eigenvalue weighted by molar-refractivity contribution is -0.278. The van der Waals surface area contributed by atoms with Crippen LogP contribution in [0, 0.1) is 0 Å². The van der Waals surface area contributed by atoms with Crippen molar-refractivity contribution in [3.63, 3.8) is 0 Å². The molecule has 10 atom stereocenters. The Bertz CT molecular complexity index is 2240. The zero-order chi connectivity index (χ0) is 44.1. The van der Waals surface area contributed by atoms with Gasteiger partial charge in [0.05, 0.1) is 18.7 Å². The van der Waals surface area contributed by atoms with Crippen LogP contribution >= 0.6 is 0 Å². The Morgan fingerprint density at radius 1 is 0.689 bits per heavy atom. The molecule has 6 rings (SSSR count). The second kappa shape index (κ2) is 19.0. The second-order valence-corrected chi connectivity index (χ2v) is 13.8. The van der Waals surface area contributed by atoms with Crippen LogP contribution in [0.5, 0.6) is 34.5 Å². The van der Waals surface area contributed by atoms with Crippen molar-refractivity contribution in [2.24, 2.45) is 0 Å². The maximum atomic E-state index is 12.6. The van der Waals surface area contributed by atoms with E-state index in [0.29, 0.717) is 5.56 Å². The molecule has 2 aliphatic heterocycles. The van der Waals surface area contributed by atoms with Gasteiger partial charge in [-0.2, -0.15) is 0 Å². The lowest BCUT2D eigenvalue weighted by atomic mass is 9.99. The molecule has 3 aromatic carbocycles. The molecule has 3 heterocycles. The summed E-state index contributed by atoms with van der Waals surface area (Å²) in [5, 5.41) is 104. The molecule has 1 aromatic heterocycles. The zero-order valence-electron chi connectivity index (χ0n) is 31.8. The molecule has 21 heteroatoms. The van der Waals surface area contributed by atoms with Crippen LogP contribution in [0.1, 0.15) is 12.0 Å². The molecule has 0 aliphatic carbocycles. The summed E-state index contributed by atoms with van der Waals surface area (Å²) in [5.41, 5.74) is 0.639. The van der Waals surface area contributed by atoms with Gasteiger partial charge in [0, 0.05) is 18.2 Å². The van der Waals surface area contributed by atoms with E-state index in [0.717, 1.165) is 12.1 Å². The molecule has 0 saturated carbocycles. The van der Waals surface area contributed by atoms with Gasteiger partial charge in [-0.15, -0.1) is 0 Å². The number of carboxylic acid groups (broad SMARTS) is 1. The van der Waals surface area contributed by atoms with Crippen LogP contribution in [0.4, 0.5) is 0 Å². The molecule has 0 bridgehead atoms. The van der Waals surface area contributed by atoms with Crippen LogP contribution in [-0.4, -0.2) is 151 Å². The summed E-state index contributed by atoms with van der Waals surface area (Å²) in [6.45, 7) is -1.39. The van der Waals surface area contributed by atoms with Crippen molar-refractivity contribution in [3.8, 4) is 45.8 Å². The molecule has 21 nitrogen and oxygen atoms in total. The molecule has 326 valence electrons. The van der Waals surface area contributed by atoms with Crippen molar-refractivity contribution in [1.82, 2.24) is 0 Å². The number of fused-ring (bicyclic) bond motifs is 1. The first kappa shape index (κ1) is 44.3. The molecular formula is C40H41O21+. The summed E-state index contributed by atoms with van der Waals surface area (Å²) in [6.07, 6.45) is -16.5. The van der Waals surface area contributed by atoms with Crippen LogP contribution in [-0.2, 0) is 33.3 Å². The smallest absolute Gasteiger partial charge is 0.402 e. The number of ether oxygens (including phenoxy) is 7. The van der Waals surface area contributed by atoms with Gasteiger partial charge in [-0.3, -0.25) is 9.59 Å². The molecule has 0 unspecified atom stereocenters. The fourth-order valence-corrected chi connectivity index (χ4v) is 6.25. The number of methoxy groups -OCH3 is 1. The van der Waals surface area contributed by atoms with E-state index >= 15 is 0 Å². The molecule has 0 radical (unpaired) electrons. The van der Waals surface area contributed by atoms with Crippen LogP contribution in [0.25, 0.3) is 28.4 Å². The van der Waals surface area contributed by atoms with Gasteiger partial charge >= 0.3 is 29.3 Å². The van der Waals surface area contributed by atoms with Crippen molar-refractivity contribution >= 4 is 35.0 Å². The molecule has 4 aromatic rings. The molecular weight excluding hydrogens is 816 g/mol. The number of phenols is 3. The van der Waals surface area contributed by atoms with Gasteiger partial charge in [0.15, 0.2) is 11.5 Å². The normalized spacial score (nSPS) is 26.4. The molecule has 2 aliphatic rings. The lowest BCUT2D eigenvalue weighted by Crippen LogP contribution is -2.60. The van der Waals surface area contributed by atoms with Crippen molar-refractivity contribution in [3.05, 3.63) is 72.3 Å². The van der Waals surface area contributed by atoms with Gasteiger partial charge in [-0.1, -0.05) is 6.07 Å². The van der Waals surface area contributed by atoms with Crippen molar-refractivity contribution in [1.29, 1.82) is 0 Å². The lowest BCUT2D eigenvalue weighted by Gasteiger charge is -2.40. The Labute approximate surface area is 343 Å². The first-order chi connectivity index (χ1) is 29.0. The number of hydrogen-bond donors (Lipinski definition) is 10. The number of aliphatic hydroxyl groups is 6. The summed E-state index contributed by atoms with van der Waals surface area (Å²) in [7, 11) is 1.35. The summed E-state index contributed by atoms with van der Waals surface area (Å²) in [6, 6.07) is 13.3. The number of aromatic hydroxyl groups is 3. The van der Waals surface area contributed by atoms with E-state index < -0.39 is 105 Å². The zero-order valence-corrected chi connectivity index (χ0v) is 31.8. The van der Waals surface area contributed by atoms with E-state index in [2.05, 4.69) is 0 Å². The minimum atomic E-state index is -1.95.